The van der Waals surface area contributed by atoms with Crippen LogP contribution in [0.25, 0.3) is 0 Å². The molecular formula is C13H27N. The summed E-state index contributed by atoms with van der Waals surface area (Å²) in [6.45, 7) is 8.78. The van der Waals surface area contributed by atoms with Crippen LogP contribution in [0.2, 0.25) is 0 Å². The molecule has 1 aliphatic heterocycles. The van der Waals surface area contributed by atoms with Gasteiger partial charge in [0.25, 0.3) is 0 Å². The molecule has 1 heteroatoms. The van der Waals surface area contributed by atoms with E-state index in [0.29, 0.717) is 0 Å². The van der Waals surface area contributed by atoms with Crippen molar-refractivity contribution in [2.45, 2.75) is 58.8 Å². The molecule has 1 fully saturated rings. The number of likely N-dealkylation sites (tertiary alicyclic amines) is 1. The Balaban J connectivity index is 2.03. The van der Waals surface area contributed by atoms with Crippen molar-refractivity contribution < 1.29 is 0 Å². The minimum absolute atomic E-state index is 0.916. The molecule has 1 atom stereocenters. The molecule has 0 amide bonds. The molecule has 1 nitrogen and oxygen atoms in total. The van der Waals surface area contributed by atoms with Gasteiger partial charge in [-0.3, -0.25) is 0 Å². The summed E-state index contributed by atoms with van der Waals surface area (Å²) in [4.78, 5) is 2.67. The highest BCUT2D eigenvalue weighted by Crippen LogP contribution is 2.14. The summed E-state index contributed by atoms with van der Waals surface area (Å²) in [7, 11) is 0. The first-order valence-electron chi connectivity index (χ1n) is 6.55. The van der Waals surface area contributed by atoms with Crippen molar-refractivity contribution in [3.63, 3.8) is 0 Å². The van der Waals surface area contributed by atoms with E-state index in [9.17, 15) is 0 Å². The average molecular weight is 197 g/mol. The van der Waals surface area contributed by atoms with Gasteiger partial charge in [0.05, 0.1) is 0 Å². The van der Waals surface area contributed by atoms with Crippen molar-refractivity contribution in [2.24, 2.45) is 5.92 Å². The maximum absolute atomic E-state index is 2.67. The average Bonchev–Trinajstić information content (AvgIpc) is 2.20. The number of nitrogens with zero attached hydrogens (tertiary/aromatic N) is 1. The normalized spacial score (nSPS) is 21.0. The van der Waals surface area contributed by atoms with E-state index in [2.05, 4.69) is 18.7 Å². The first-order chi connectivity index (χ1) is 6.83. The second-order valence-electron chi connectivity index (χ2n) is 4.96. The highest BCUT2D eigenvalue weighted by atomic mass is 15.1. The zero-order chi connectivity index (χ0) is 10.2. The lowest BCUT2D eigenvalue weighted by molar-refractivity contribution is 0.195. The van der Waals surface area contributed by atoms with Crippen molar-refractivity contribution in [1.82, 2.24) is 4.90 Å². The van der Waals surface area contributed by atoms with E-state index in [4.69, 9.17) is 0 Å². The predicted octanol–water partition coefficient (Wildman–Crippen LogP) is 3.69. The molecule has 0 bridgehead atoms. The Morgan fingerprint density at radius 1 is 1.07 bits per heavy atom. The van der Waals surface area contributed by atoms with Crippen LogP contribution in [0.1, 0.15) is 58.8 Å². The summed E-state index contributed by atoms with van der Waals surface area (Å²) >= 11 is 0. The van der Waals surface area contributed by atoms with Crippen LogP contribution in [0.5, 0.6) is 0 Å². The van der Waals surface area contributed by atoms with E-state index in [1.54, 1.807) is 0 Å². The zero-order valence-corrected chi connectivity index (χ0v) is 10.1. The maximum atomic E-state index is 2.67. The van der Waals surface area contributed by atoms with Gasteiger partial charge < -0.3 is 4.90 Å². The van der Waals surface area contributed by atoms with Gasteiger partial charge in [0, 0.05) is 6.54 Å². The second-order valence-corrected chi connectivity index (χ2v) is 4.96. The fraction of sp³-hybridized carbons (Fsp3) is 1.00. The van der Waals surface area contributed by atoms with Gasteiger partial charge in [-0.25, -0.2) is 0 Å². The Morgan fingerprint density at radius 2 is 1.79 bits per heavy atom. The monoisotopic (exact) mass is 197 g/mol. The lowest BCUT2D eigenvalue weighted by atomic mass is 10.0. The molecule has 0 radical (unpaired) electrons. The van der Waals surface area contributed by atoms with Crippen LogP contribution in [-0.2, 0) is 0 Å². The Bertz CT molecular complexity index is 127. The lowest BCUT2D eigenvalue weighted by Crippen LogP contribution is -2.33. The minimum Gasteiger partial charge on any atom is -0.303 e. The van der Waals surface area contributed by atoms with Crippen LogP contribution < -0.4 is 0 Å². The third-order valence-electron chi connectivity index (χ3n) is 3.32. The molecule has 0 aromatic rings. The molecule has 1 saturated heterocycles. The molecule has 0 aliphatic carbocycles. The fourth-order valence-electron chi connectivity index (χ4n) is 2.42. The molecule has 1 heterocycles. The van der Waals surface area contributed by atoms with E-state index in [-0.39, 0.29) is 0 Å². The van der Waals surface area contributed by atoms with Crippen molar-refractivity contribution in [3.05, 3.63) is 0 Å². The zero-order valence-electron chi connectivity index (χ0n) is 10.1. The first-order valence-corrected chi connectivity index (χ1v) is 6.55. The predicted molar refractivity (Wildman–Crippen MR) is 63.6 cm³/mol. The summed E-state index contributed by atoms with van der Waals surface area (Å²) in [5.74, 6) is 0.916. The smallest absolute Gasteiger partial charge is 0.000702 e. The highest BCUT2D eigenvalue weighted by Gasteiger charge is 2.12. The van der Waals surface area contributed by atoms with E-state index < -0.39 is 0 Å². The quantitative estimate of drug-likeness (QED) is 0.587. The molecule has 1 rings (SSSR count). The van der Waals surface area contributed by atoms with Gasteiger partial charge in [-0.2, -0.15) is 0 Å². The molecule has 84 valence electrons. The molecular weight excluding hydrogens is 170 g/mol. The SMILES string of the molecule is CCCCCC(C)CN1CCCCC1. The van der Waals surface area contributed by atoms with Crippen molar-refractivity contribution >= 4 is 0 Å². The molecule has 14 heavy (non-hydrogen) atoms. The molecule has 0 aromatic heterocycles. The number of hydrogen-bond acceptors (Lipinski definition) is 1. The molecule has 1 unspecified atom stereocenters. The third-order valence-corrected chi connectivity index (χ3v) is 3.32. The minimum atomic E-state index is 0.916. The third kappa shape index (κ3) is 4.99. The Morgan fingerprint density at radius 3 is 2.43 bits per heavy atom. The van der Waals surface area contributed by atoms with E-state index in [0.717, 1.165) is 5.92 Å². The number of rotatable bonds is 6. The summed E-state index contributed by atoms with van der Waals surface area (Å²) in [6.07, 6.45) is 9.97. The summed E-state index contributed by atoms with van der Waals surface area (Å²) in [5, 5.41) is 0. The Kier molecular flexibility index (Phi) is 6.25. The highest BCUT2D eigenvalue weighted by molar-refractivity contribution is 4.67. The van der Waals surface area contributed by atoms with Gasteiger partial charge in [-0.05, 0) is 38.3 Å². The van der Waals surface area contributed by atoms with Gasteiger partial charge in [0.15, 0.2) is 0 Å². The van der Waals surface area contributed by atoms with Crippen molar-refractivity contribution in [2.75, 3.05) is 19.6 Å². The Labute approximate surface area is 89.9 Å². The number of piperidine rings is 1. The maximum Gasteiger partial charge on any atom is 0.000702 e. The van der Waals surface area contributed by atoms with E-state index >= 15 is 0 Å². The summed E-state index contributed by atoms with van der Waals surface area (Å²) < 4.78 is 0. The summed E-state index contributed by atoms with van der Waals surface area (Å²) in [6, 6.07) is 0. The van der Waals surface area contributed by atoms with Gasteiger partial charge in [-0.1, -0.05) is 39.5 Å². The van der Waals surface area contributed by atoms with Gasteiger partial charge >= 0.3 is 0 Å². The van der Waals surface area contributed by atoms with Crippen molar-refractivity contribution in [3.8, 4) is 0 Å². The lowest BCUT2D eigenvalue weighted by Gasteiger charge is -2.29. The van der Waals surface area contributed by atoms with E-state index in [1.165, 1.54) is 64.6 Å². The largest absolute Gasteiger partial charge is 0.303 e. The first kappa shape index (κ1) is 12.0. The second kappa shape index (κ2) is 7.28. The van der Waals surface area contributed by atoms with Crippen LogP contribution >= 0.6 is 0 Å². The molecule has 0 saturated carbocycles. The number of hydrogen-bond donors (Lipinski definition) is 0. The van der Waals surface area contributed by atoms with Gasteiger partial charge in [0.1, 0.15) is 0 Å². The standard InChI is InChI=1S/C13H27N/c1-3-4-6-9-13(2)12-14-10-7-5-8-11-14/h13H,3-12H2,1-2H3. The topological polar surface area (TPSA) is 3.24 Å². The van der Waals surface area contributed by atoms with Crippen LogP contribution in [0.4, 0.5) is 0 Å². The van der Waals surface area contributed by atoms with Crippen LogP contribution in [0, 0.1) is 5.92 Å². The van der Waals surface area contributed by atoms with Gasteiger partial charge in [0.2, 0.25) is 0 Å². The van der Waals surface area contributed by atoms with Gasteiger partial charge in [-0.15, -0.1) is 0 Å². The molecule has 1 aliphatic rings. The van der Waals surface area contributed by atoms with Crippen molar-refractivity contribution in [1.29, 1.82) is 0 Å². The van der Waals surface area contributed by atoms with Crippen LogP contribution in [0.15, 0.2) is 0 Å². The molecule has 0 aromatic carbocycles. The van der Waals surface area contributed by atoms with E-state index in [1.807, 2.05) is 0 Å². The fourth-order valence-corrected chi connectivity index (χ4v) is 2.42. The molecule has 0 spiro atoms. The number of unbranched alkanes of at least 4 members (excludes halogenated alkanes) is 2. The Hall–Kier alpha value is -0.0400. The van der Waals surface area contributed by atoms with Crippen LogP contribution in [-0.4, -0.2) is 24.5 Å². The van der Waals surface area contributed by atoms with Crippen LogP contribution in [0.3, 0.4) is 0 Å². The molecule has 0 N–H and O–H groups in total. The summed E-state index contributed by atoms with van der Waals surface area (Å²) in [5.41, 5.74) is 0.